The zero-order valence-electron chi connectivity index (χ0n) is 25.0. The molecule has 230 valence electrons. The first-order valence-electron chi connectivity index (χ1n) is 16.1. The number of carbonyl (C=O) groups excluding carboxylic acids is 1. The van der Waals surface area contributed by atoms with E-state index in [1.54, 1.807) is 0 Å². The second-order valence-corrected chi connectivity index (χ2v) is 15.0. The molecule has 2 N–H and O–H groups in total. The van der Waals surface area contributed by atoms with Crippen LogP contribution in [0.25, 0.3) is 0 Å². The van der Waals surface area contributed by atoms with Crippen molar-refractivity contribution in [3.05, 3.63) is 70.3 Å². The number of benzene rings is 2. The summed E-state index contributed by atoms with van der Waals surface area (Å²) in [7, 11) is 0. The first-order valence-corrected chi connectivity index (χ1v) is 17.4. The molecular formula is C35H43ClN2O4S. The lowest BCUT2D eigenvalue weighted by molar-refractivity contribution is -0.0559. The lowest BCUT2D eigenvalue weighted by Crippen LogP contribution is -2.49. The molecule has 0 unspecified atom stereocenters. The van der Waals surface area contributed by atoms with Crippen LogP contribution in [0.4, 0.5) is 5.69 Å². The van der Waals surface area contributed by atoms with Gasteiger partial charge in [0, 0.05) is 40.9 Å². The number of aliphatic hydroxyl groups is 1. The number of allylic oxidation sites excluding steroid dienone is 1. The number of halogens is 1. The van der Waals surface area contributed by atoms with Gasteiger partial charge < -0.3 is 19.5 Å². The van der Waals surface area contributed by atoms with Gasteiger partial charge in [0.25, 0.3) is 5.91 Å². The molecular weight excluding hydrogens is 580 g/mol. The monoisotopic (exact) mass is 622 g/mol. The number of hydrogen-bond acceptors (Lipinski definition) is 6. The first kappa shape index (κ1) is 29.5. The van der Waals surface area contributed by atoms with Gasteiger partial charge in [-0.3, -0.25) is 9.52 Å². The van der Waals surface area contributed by atoms with Crippen molar-refractivity contribution in [2.45, 2.75) is 81.2 Å². The summed E-state index contributed by atoms with van der Waals surface area (Å²) in [6, 6.07) is 12.2. The van der Waals surface area contributed by atoms with E-state index in [4.69, 9.17) is 21.1 Å². The summed E-state index contributed by atoms with van der Waals surface area (Å²) in [6.07, 6.45) is 12.2. The maximum absolute atomic E-state index is 13.6. The zero-order chi connectivity index (χ0) is 29.6. The summed E-state index contributed by atoms with van der Waals surface area (Å²) >= 11 is 7.95. The molecule has 5 aliphatic rings. The minimum Gasteiger partial charge on any atom is -0.490 e. The summed E-state index contributed by atoms with van der Waals surface area (Å²) in [5.74, 6) is 1.70. The average molecular weight is 623 g/mol. The van der Waals surface area contributed by atoms with E-state index in [9.17, 15) is 9.90 Å². The predicted octanol–water partition coefficient (Wildman–Crippen LogP) is 6.72. The van der Waals surface area contributed by atoms with E-state index < -0.39 is 6.10 Å². The van der Waals surface area contributed by atoms with Gasteiger partial charge in [0.2, 0.25) is 0 Å². The van der Waals surface area contributed by atoms with Gasteiger partial charge >= 0.3 is 0 Å². The number of nitrogens with zero attached hydrogens (tertiary/aromatic N) is 1. The number of carbonyl (C=O) groups is 1. The third-order valence-electron chi connectivity index (χ3n) is 10.7. The van der Waals surface area contributed by atoms with Crippen molar-refractivity contribution in [2.75, 3.05) is 31.2 Å². The average Bonchev–Trinajstić information content (AvgIpc) is 3.10. The molecule has 0 radical (unpaired) electrons. The van der Waals surface area contributed by atoms with Gasteiger partial charge in [0.1, 0.15) is 5.75 Å². The largest absolute Gasteiger partial charge is 0.490 e. The number of rotatable bonds is 2. The Morgan fingerprint density at radius 2 is 2.07 bits per heavy atom. The molecule has 2 bridgehead atoms. The van der Waals surface area contributed by atoms with Crippen molar-refractivity contribution in [3.63, 3.8) is 0 Å². The van der Waals surface area contributed by atoms with Crippen LogP contribution in [0.5, 0.6) is 5.75 Å². The van der Waals surface area contributed by atoms with Gasteiger partial charge in [0.05, 0.1) is 24.5 Å². The van der Waals surface area contributed by atoms with E-state index >= 15 is 0 Å². The number of aryl methyl sites for hydroxylation is 1. The van der Waals surface area contributed by atoms with Crippen LogP contribution in [0.2, 0.25) is 5.02 Å². The van der Waals surface area contributed by atoms with E-state index in [2.05, 4.69) is 34.8 Å². The normalized spacial score (nSPS) is 34.9. The molecule has 7 rings (SSSR count). The van der Waals surface area contributed by atoms with Crippen LogP contribution >= 0.6 is 23.5 Å². The van der Waals surface area contributed by atoms with E-state index in [-0.39, 0.29) is 28.6 Å². The van der Waals surface area contributed by atoms with Crippen molar-refractivity contribution in [3.8, 4) is 5.75 Å². The molecule has 2 fully saturated rings. The molecule has 2 aromatic carbocycles. The van der Waals surface area contributed by atoms with Gasteiger partial charge in [-0.1, -0.05) is 36.7 Å². The maximum atomic E-state index is 13.6. The van der Waals surface area contributed by atoms with Crippen LogP contribution in [0.15, 0.2) is 48.6 Å². The Morgan fingerprint density at radius 1 is 1.19 bits per heavy atom. The Hall–Kier alpha value is -2.19. The second kappa shape index (κ2) is 12.3. The Balaban J connectivity index is 1.23. The zero-order valence-corrected chi connectivity index (χ0v) is 26.5. The van der Waals surface area contributed by atoms with E-state index in [0.717, 1.165) is 87.5 Å². The molecule has 3 aliphatic heterocycles. The van der Waals surface area contributed by atoms with Crippen molar-refractivity contribution in [2.24, 2.45) is 17.8 Å². The van der Waals surface area contributed by atoms with Crippen LogP contribution < -0.4 is 14.4 Å². The lowest BCUT2D eigenvalue weighted by Gasteiger charge is -2.45. The van der Waals surface area contributed by atoms with Crippen LogP contribution in [-0.4, -0.2) is 54.8 Å². The smallest absolute Gasteiger partial charge is 0.261 e. The molecule has 43 heavy (non-hydrogen) atoms. The molecule has 1 spiro atoms. The molecule has 0 aromatic heterocycles. The first-order chi connectivity index (χ1) is 20.9. The van der Waals surface area contributed by atoms with E-state index in [1.807, 2.05) is 30.3 Å². The molecule has 6 nitrogen and oxygen atoms in total. The molecule has 1 saturated heterocycles. The number of amides is 1. The van der Waals surface area contributed by atoms with Gasteiger partial charge in [-0.25, -0.2) is 0 Å². The summed E-state index contributed by atoms with van der Waals surface area (Å²) in [4.78, 5) is 16.0. The summed E-state index contributed by atoms with van der Waals surface area (Å²) < 4.78 is 15.6. The van der Waals surface area contributed by atoms with E-state index in [0.29, 0.717) is 24.0 Å². The number of anilines is 1. The van der Waals surface area contributed by atoms with Crippen molar-refractivity contribution < 1.29 is 19.4 Å². The Bertz CT molecular complexity index is 1380. The predicted molar refractivity (Wildman–Crippen MR) is 173 cm³/mol. The summed E-state index contributed by atoms with van der Waals surface area (Å²) in [5.41, 5.74) is 4.11. The van der Waals surface area contributed by atoms with Gasteiger partial charge in [-0.15, -0.1) is 0 Å². The fourth-order valence-corrected chi connectivity index (χ4v) is 9.08. The minimum atomic E-state index is -0.444. The number of ether oxygens (including phenoxy) is 2. The molecule has 1 amide bonds. The topological polar surface area (TPSA) is 71.0 Å². The quantitative estimate of drug-likeness (QED) is 0.286. The molecule has 7 atom stereocenters. The van der Waals surface area contributed by atoms with Gasteiger partial charge in [0.15, 0.2) is 0 Å². The fraction of sp³-hybridized carbons (Fsp3) is 0.571. The number of aliphatic hydroxyl groups excluding tert-OH is 1. The highest BCUT2D eigenvalue weighted by Crippen LogP contribution is 2.47. The molecule has 8 heteroatoms. The summed E-state index contributed by atoms with van der Waals surface area (Å²) in [6.45, 7) is 5.29. The van der Waals surface area contributed by atoms with Crippen molar-refractivity contribution >= 4 is 35.1 Å². The van der Waals surface area contributed by atoms with Crippen LogP contribution in [-0.2, 0) is 16.6 Å². The molecule has 2 aliphatic carbocycles. The van der Waals surface area contributed by atoms with Crippen molar-refractivity contribution in [1.29, 1.82) is 0 Å². The highest BCUT2D eigenvalue weighted by molar-refractivity contribution is 7.98. The van der Waals surface area contributed by atoms with Crippen molar-refractivity contribution in [1.82, 2.24) is 4.72 Å². The number of fused-ring (bicyclic) bond motifs is 4. The second-order valence-electron chi connectivity index (χ2n) is 13.5. The van der Waals surface area contributed by atoms with Crippen LogP contribution in [0.3, 0.4) is 0 Å². The minimum absolute atomic E-state index is 0.0735. The SMILES string of the molecule is C[C@@H]1C/C=C\[C@H](O)[C@@H]2CC[C@H]2CN2C[C@@]3(CCCc4cc(Cl)ccc43)COc3ccc(cc32)C(=O)NS[C@H]1C[C@H]1CCO1. The Morgan fingerprint density at radius 3 is 2.86 bits per heavy atom. The summed E-state index contributed by atoms with van der Waals surface area (Å²) in [5, 5.41) is 12.3. The fourth-order valence-electron chi connectivity index (χ4n) is 7.85. The number of hydrogen-bond donors (Lipinski definition) is 2. The Labute approximate surface area is 264 Å². The standard InChI is InChI=1S/C35H43ClN2O4S/c1-22-4-2-6-31(39)28-10-7-25(28)19-38-20-35(14-3-5-23-16-26(36)9-11-29(23)35)21-42-32-12-8-24(17-30(32)38)34(40)37-43-33(22)18-27-13-15-41-27/h2,6,8-9,11-12,16-17,22,25,27-28,31,33,39H,3-5,7,10,13-15,18-21H2,1H3,(H,37,40)/b6-2-/t22-,25+,27-,28-,31+,33+,35+/m1/s1. The number of nitrogens with one attached hydrogen (secondary N) is 1. The highest BCUT2D eigenvalue weighted by atomic mass is 35.5. The third-order valence-corrected chi connectivity index (χ3v) is 12.2. The van der Waals surface area contributed by atoms with Crippen LogP contribution in [0, 0.1) is 17.8 Å². The maximum Gasteiger partial charge on any atom is 0.261 e. The van der Waals surface area contributed by atoms with Crippen LogP contribution in [0.1, 0.15) is 73.4 Å². The van der Waals surface area contributed by atoms with Gasteiger partial charge in [-0.2, -0.15) is 0 Å². The molecule has 2 aromatic rings. The molecule has 3 heterocycles. The third kappa shape index (κ3) is 5.95. The highest BCUT2D eigenvalue weighted by Gasteiger charge is 2.44. The van der Waals surface area contributed by atoms with Gasteiger partial charge in [-0.05, 0) is 123 Å². The Kier molecular flexibility index (Phi) is 8.45. The molecule has 1 saturated carbocycles. The van der Waals surface area contributed by atoms with E-state index in [1.165, 1.54) is 23.1 Å². The lowest BCUT2D eigenvalue weighted by atomic mass is 9.68.